The van der Waals surface area contributed by atoms with Crippen LogP contribution in [0.3, 0.4) is 0 Å². The summed E-state index contributed by atoms with van der Waals surface area (Å²) in [4.78, 5) is 13.6. The molecule has 5 aromatic rings. The smallest absolute Gasteiger partial charge is 0.416 e. The molecule has 0 saturated carbocycles. The average molecular weight is 620 g/mol. The summed E-state index contributed by atoms with van der Waals surface area (Å²) in [5.41, 5.74) is 5.62. The first-order valence-corrected chi connectivity index (χ1v) is 15.3. The van der Waals surface area contributed by atoms with Crippen LogP contribution in [0.1, 0.15) is 59.2 Å². The minimum absolute atomic E-state index is 0.257. The van der Waals surface area contributed by atoms with Crippen LogP contribution in [0.5, 0.6) is 5.75 Å². The summed E-state index contributed by atoms with van der Waals surface area (Å²) in [6, 6.07) is 14.9. The fourth-order valence-electron chi connectivity index (χ4n) is 6.44. The molecule has 0 aliphatic carbocycles. The molecule has 45 heavy (non-hydrogen) atoms. The van der Waals surface area contributed by atoms with Gasteiger partial charge in [0.1, 0.15) is 11.4 Å². The molecule has 1 aliphatic rings. The van der Waals surface area contributed by atoms with Gasteiger partial charge in [-0.15, -0.1) is 0 Å². The Balaban J connectivity index is 1.37. The van der Waals surface area contributed by atoms with Crippen molar-refractivity contribution in [1.29, 1.82) is 0 Å². The number of aryl methyl sites for hydroxylation is 4. The lowest BCUT2D eigenvalue weighted by molar-refractivity contribution is -0.137. The lowest BCUT2D eigenvalue weighted by Gasteiger charge is -2.13. The zero-order valence-electron chi connectivity index (χ0n) is 25.7. The third kappa shape index (κ3) is 5.91. The van der Waals surface area contributed by atoms with Gasteiger partial charge in [-0.2, -0.15) is 18.3 Å². The molecule has 1 aliphatic heterocycles. The van der Waals surface area contributed by atoms with Gasteiger partial charge >= 0.3 is 12.1 Å². The molecule has 0 unspecified atom stereocenters. The molecule has 0 amide bonds. The molecular formula is C35H36F3N3O4. The molecular weight excluding hydrogens is 583 g/mol. The second-order valence-electron chi connectivity index (χ2n) is 11.3. The number of para-hydroxylation sites is 1. The highest BCUT2D eigenvalue weighted by Crippen LogP contribution is 2.39. The number of ether oxygens (including phenoxy) is 3. The predicted octanol–water partition coefficient (Wildman–Crippen LogP) is 8.02. The van der Waals surface area contributed by atoms with Gasteiger partial charge in [0.15, 0.2) is 0 Å². The van der Waals surface area contributed by atoms with E-state index in [0.717, 1.165) is 64.0 Å². The molecule has 236 valence electrons. The lowest BCUT2D eigenvalue weighted by atomic mass is 9.98. The number of benzene rings is 3. The second-order valence-corrected chi connectivity index (χ2v) is 11.3. The van der Waals surface area contributed by atoms with Crippen LogP contribution in [0.15, 0.2) is 54.6 Å². The summed E-state index contributed by atoms with van der Waals surface area (Å²) in [6.45, 7) is 6.05. The molecule has 0 spiro atoms. The van der Waals surface area contributed by atoms with Crippen molar-refractivity contribution < 1.29 is 32.2 Å². The normalized spacial score (nSPS) is 13.9. The maximum Gasteiger partial charge on any atom is 0.416 e. The number of hydrogen-bond donors (Lipinski definition) is 0. The van der Waals surface area contributed by atoms with Gasteiger partial charge in [-0.1, -0.05) is 36.4 Å². The quantitative estimate of drug-likeness (QED) is 0.136. The number of aromatic nitrogens is 3. The predicted molar refractivity (Wildman–Crippen MR) is 166 cm³/mol. The minimum Gasteiger partial charge on any atom is -0.493 e. The molecule has 0 fully saturated rings. The Kier molecular flexibility index (Phi) is 8.59. The third-order valence-electron chi connectivity index (χ3n) is 8.42. The van der Waals surface area contributed by atoms with Gasteiger partial charge in [-0.05, 0) is 68.7 Å². The van der Waals surface area contributed by atoms with Gasteiger partial charge in [-0.25, -0.2) is 4.79 Å². The van der Waals surface area contributed by atoms with E-state index in [1.165, 1.54) is 6.07 Å². The number of hydrogen-bond acceptors (Lipinski definition) is 5. The number of nitrogens with zero attached hydrogens (tertiary/aromatic N) is 3. The molecule has 2 aromatic heterocycles. The molecule has 10 heteroatoms. The van der Waals surface area contributed by atoms with E-state index in [4.69, 9.17) is 19.3 Å². The molecule has 0 saturated heterocycles. The topological polar surface area (TPSA) is 67.5 Å². The van der Waals surface area contributed by atoms with Crippen molar-refractivity contribution in [2.45, 2.75) is 58.9 Å². The Morgan fingerprint density at radius 3 is 2.69 bits per heavy atom. The van der Waals surface area contributed by atoms with Crippen LogP contribution in [0, 0.1) is 6.92 Å². The van der Waals surface area contributed by atoms with Gasteiger partial charge < -0.3 is 18.8 Å². The molecule has 0 bridgehead atoms. The molecule has 3 aromatic carbocycles. The van der Waals surface area contributed by atoms with Crippen molar-refractivity contribution in [2.24, 2.45) is 7.05 Å². The van der Waals surface area contributed by atoms with E-state index < -0.39 is 11.7 Å². The summed E-state index contributed by atoms with van der Waals surface area (Å²) < 4.78 is 61.5. The maximum absolute atomic E-state index is 13.6. The summed E-state index contributed by atoms with van der Waals surface area (Å²) in [6.07, 6.45) is -1.61. The average Bonchev–Trinajstić information content (AvgIpc) is 3.47. The Labute approximate surface area is 259 Å². The highest BCUT2D eigenvalue weighted by molar-refractivity contribution is 6.05. The number of rotatable bonds is 7. The lowest BCUT2D eigenvalue weighted by Crippen LogP contribution is -2.15. The van der Waals surface area contributed by atoms with Crippen molar-refractivity contribution in [3.8, 4) is 16.9 Å². The SMILES string of the molecule is CCOC(=O)c1c(CCCOc2cccc3cc(C(F)(F)F)ccc23)c2cccc3c2n1CCCCOCc1c-3c(C)nn1C. The van der Waals surface area contributed by atoms with Gasteiger partial charge in [0.25, 0.3) is 0 Å². The summed E-state index contributed by atoms with van der Waals surface area (Å²) in [5.74, 6) is 0.159. The van der Waals surface area contributed by atoms with Crippen LogP contribution in [-0.2, 0) is 42.3 Å². The number of carbonyl (C=O) groups is 1. The van der Waals surface area contributed by atoms with Crippen LogP contribution in [-0.4, -0.2) is 40.1 Å². The first-order chi connectivity index (χ1) is 21.7. The van der Waals surface area contributed by atoms with Crippen molar-refractivity contribution in [3.05, 3.63) is 82.8 Å². The molecule has 3 heterocycles. The van der Waals surface area contributed by atoms with Crippen LogP contribution >= 0.6 is 0 Å². The molecule has 6 rings (SSSR count). The van der Waals surface area contributed by atoms with Gasteiger partial charge in [0.2, 0.25) is 0 Å². The fraction of sp³-hybridized carbons (Fsp3) is 0.371. The van der Waals surface area contributed by atoms with E-state index in [9.17, 15) is 18.0 Å². The van der Waals surface area contributed by atoms with E-state index in [0.29, 0.717) is 61.4 Å². The second kappa shape index (κ2) is 12.6. The van der Waals surface area contributed by atoms with Gasteiger partial charge in [0.05, 0.1) is 42.3 Å². The Hall–Kier alpha value is -4.31. The van der Waals surface area contributed by atoms with Crippen molar-refractivity contribution >= 4 is 27.6 Å². The summed E-state index contributed by atoms with van der Waals surface area (Å²) >= 11 is 0. The van der Waals surface area contributed by atoms with E-state index >= 15 is 0 Å². The first-order valence-electron chi connectivity index (χ1n) is 15.3. The molecule has 7 nitrogen and oxygen atoms in total. The Morgan fingerprint density at radius 1 is 1.07 bits per heavy atom. The minimum atomic E-state index is -4.41. The molecule has 0 N–H and O–H groups in total. The standard InChI is InChI=1S/C35H36F3N3O4/c1-4-44-34(42)33-27(13-9-19-45-30-14-7-10-23-20-24(35(36,37)38)15-16-25(23)30)26-11-8-12-28-31-22(2)39-40(3)29(31)21-43-18-6-5-17-41(33)32(26)28/h7-8,10-12,14-16,20H,4-6,9,13,17-19,21H2,1-3H3. The zero-order chi connectivity index (χ0) is 31.7. The highest BCUT2D eigenvalue weighted by atomic mass is 19.4. The van der Waals surface area contributed by atoms with E-state index in [-0.39, 0.29) is 12.6 Å². The van der Waals surface area contributed by atoms with Crippen molar-refractivity contribution in [1.82, 2.24) is 14.3 Å². The zero-order valence-corrected chi connectivity index (χ0v) is 25.7. The van der Waals surface area contributed by atoms with E-state index in [1.54, 1.807) is 25.1 Å². The monoisotopic (exact) mass is 619 g/mol. The van der Waals surface area contributed by atoms with Crippen LogP contribution < -0.4 is 4.74 Å². The summed E-state index contributed by atoms with van der Waals surface area (Å²) in [5, 5.41) is 6.77. The van der Waals surface area contributed by atoms with Crippen LogP contribution in [0.2, 0.25) is 0 Å². The van der Waals surface area contributed by atoms with Gasteiger partial charge in [0, 0.05) is 42.1 Å². The van der Waals surface area contributed by atoms with Crippen LogP contribution in [0.4, 0.5) is 13.2 Å². The molecule has 0 atom stereocenters. The van der Waals surface area contributed by atoms with Gasteiger partial charge in [-0.3, -0.25) is 4.68 Å². The number of alkyl halides is 3. The first kappa shape index (κ1) is 30.7. The fourth-order valence-corrected chi connectivity index (χ4v) is 6.44. The van der Waals surface area contributed by atoms with Crippen molar-refractivity contribution in [3.63, 3.8) is 0 Å². The number of fused-ring (bicyclic) bond motifs is 3. The third-order valence-corrected chi connectivity index (χ3v) is 8.42. The van der Waals surface area contributed by atoms with E-state index in [1.807, 2.05) is 24.7 Å². The Morgan fingerprint density at radius 2 is 1.89 bits per heavy atom. The molecule has 0 radical (unpaired) electrons. The van der Waals surface area contributed by atoms with E-state index in [2.05, 4.69) is 16.7 Å². The Bertz CT molecular complexity index is 1870. The number of esters is 1. The summed E-state index contributed by atoms with van der Waals surface area (Å²) in [7, 11) is 1.93. The van der Waals surface area contributed by atoms with Crippen LogP contribution in [0.25, 0.3) is 32.8 Å². The number of carbonyl (C=O) groups excluding carboxylic acids is 1. The maximum atomic E-state index is 13.6. The largest absolute Gasteiger partial charge is 0.493 e. The highest BCUT2D eigenvalue weighted by Gasteiger charge is 2.31. The van der Waals surface area contributed by atoms with Crippen molar-refractivity contribution in [2.75, 3.05) is 19.8 Å². The number of halogens is 3.